The summed E-state index contributed by atoms with van der Waals surface area (Å²) in [5.41, 5.74) is 5.27. The summed E-state index contributed by atoms with van der Waals surface area (Å²) in [6.07, 6.45) is 0. The summed E-state index contributed by atoms with van der Waals surface area (Å²) in [4.78, 5) is 0.133. The van der Waals surface area contributed by atoms with Crippen LogP contribution in [0.15, 0.2) is 38.8 Å². The van der Waals surface area contributed by atoms with E-state index in [0.717, 1.165) is 4.31 Å². The molecule has 0 amide bonds. The van der Waals surface area contributed by atoms with Crippen LogP contribution in [0.1, 0.15) is 0 Å². The molecule has 0 atom stereocenters. The molecule has 0 aromatic heterocycles. The maximum absolute atomic E-state index is 12.1. The first-order valence-corrected chi connectivity index (χ1v) is 6.80. The highest BCUT2D eigenvalue weighted by Crippen LogP contribution is 2.23. The van der Waals surface area contributed by atoms with Crippen molar-refractivity contribution in [1.82, 2.24) is 4.31 Å². The Hall–Kier alpha value is -1.12. The molecule has 0 aliphatic carbocycles. The molecule has 0 unspecified atom stereocenters. The van der Waals surface area contributed by atoms with Gasteiger partial charge < -0.3 is 10.9 Å². The first-order chi connectivity index (χ1) is 7.89. The standard InChI is InChI=1S/C9H12BrN3O3S/c1-13(6-9(11)12-14)17(15,16)8-5-3-2-4-7(8)10/h2-5,14H,6H2,1H3,(H2,11,12). The van der Waals surface area contributed by atoms with E-state index in [0.29, 0.717) is 4.47 Å². The monoisotopic (exact) mass is 321 g/mol. The van der Waals surface area contributed by atoms with Crippen LogP contribution in [0.2, 0.25) is 0 Å². The molecule has 0 saturated carbocycles. The maximum atomic E-state index is 12.1. The zero-order valence-corrected chi connectivity index (χ0v) is 11.4. The van der Waals surface area contributed by atoms with Gasteiger partial charge in [-0.05, 0) is 28.1 Å². The summed E-state index contributed by atoms with van der Waals surface area (Å²) in [6.45, 7) is -0.180. The van der Waals surface area contributed by atoms with Gasteiger partial charge in [-0.3, -0.25) is 0 Å². The Morgan fingerprint density at radius 2 is 2.12 bits per heavy atom. The van der Waals surface area contributed by atoms with Crippen molar-refractivity contribution >= 4 is 31.8 Å². The number of oxime groups is 1. The minimum absolute atomic E-state index is 0.133. The molecule has 1 rings (SSSR count). The molecule has 0 saturated heterocycles. The third-order valence-electron chi connectivity index (χ3n) is 2.04. The Balaban J connectivity index is 3.08. The van der Waals surface area contributed by atoms with E-state index >= 15 is 0 Å². The average molecular weight is 322 g/mol. The molecular weight excluding hydrogens is 310 g/mol. The van der Waals surface area contributed by atoms with Crippen LogP contribution in [-0.4, -0.2) is 37.4 Å². The Morgan fingerprint density at radius 3 is 2.65 bits per heavy atom. The lowest BCUT2D eigenvalue weighted by Crippen LogP contribution is -2.35. The second-order valence-corrected chi connectivity index (χ2v) is 6.15. The van der Waals surface area contributed by atoms with E-state index in [-0.39, 0.29) is 17.3 Å². The number of nitrogens with two attached hydrogens (primary N) is 1. The lowest BCUT2D eigenvalue weighted by molar-refractivity contribution is 0.315. The fourth-order valence-corrected chi connectivity index (χ4v) is 3.27. The van der Waals surface area contributed by atoms with Gasteiger partial charge in [0.05, 0.1) is 11.4 Å². The molecule has 8 heteroatoms. The molecule has 1 aromatic carbocycles. The molecule has 3 N–H and O–H groups in total. The van der Waals surface area contributed by atoms with E-state index < -0.39 is 10.0 Å². The minimum Gasteiger partial charge on any atom is -0.409 e. The third-order valence-corrected chi connectivity index (χ3v) is 4.85. The van der Waals surface area contributed by atoms with Crippen LogP contribution < -0.4 is 5.73 Å². The zero-order valence-electron chi connectivity index (χ0n) is 9.04. The predicted molar refractivity (Wildman–Crippen MR) is 67.4 cm³/mol. The molecule has 1 aromatic rings. The number of hydrogen-bond acceptors (Lipinski definition) is 4. The highest BCUT2D eigenvalue weighted by molar-refractivity contribution is 9.10. The molecule has 0 bridgehead atoms. The predicted octanol–water partition coefficient (Wildman–Crippen LogP) is 0.816. The number of rotatable bonds is 4. The van der Waals surface area contributed by atoms with E-state index in [1.165, 1.54) is 13.1 Å². The lowest BCUT2D eigenvalue weighted by Gasteiger charge is -2.17. The van der Waals surface area contributed by atoms with Crippen molar-refractivity contribution in [3.8, 4) is 0 Å². The van der Waals surface area contributed by atoms with Crippen LogP contribution >= 0.6 is 15.9 Å². The minimum atomic E-state index is -3.66. The van der Waals surface area contributed by atoms with Crippen molar-refractivity contribution in [3.05, 3.63) is 28.7 Å². The van der Waals surface area contributed by atoms with E-state index in [1.54, 1.807) is 18.2 Å². The highest BCUT2D eigenvalue weighted by atomic mass is 79.9. The van der Waals surface area contributed by atoms with Gasteiger partial charge in [-0.1, -0.05) is 17.3 Å². The van der Waals surface area contributed by atoms with Crippen LogP contribution in [0.3, 0.4) is 0 Å². The molecule has 0 spiro atoms. The molecule has 0 fully saturated rings. The van der Waals surface area contributed by atoms with Gasteiger partial charge in [0.15, 0.2) is 5.84 Å². The van der Waals surface area contributed by atoms with Crippen molar-refractivity contribution in [3.63, 3.8) is 0 Å². The number of nitrogens with zero attached hydrogens (tertiary/aromatic N) is 2. The van der Waals surface area contributed by atoms with Gasteiger partial charge >= 0.3 is 0 Å². The van der Waals surface area contributed by atoms with Gasteiger partial charge in [-0.25, -0.2) is 8.42 Å². The smallest absolute Gasteiger partial charge is 0.244 e. The van der Waals surface area contributed by atoms with Crippen molar-refractivity contribution in [2.24, 2.45) is 10.9 Å². The van der Waals surface area contributed by atoms with Crippen LogP contribution in [0, 0.1) is 0 Å². The van der Waals surface area contributed by atoms with Gasteiger partial charge in [-0.15, -0.1) is 0 Å². The van der Waals surface area contributed by atoms with E-state index in [1.807, 2.05) is 0 Å². The van der Waals surface area contributed by atoms with Crippen molar-refractivity contribution < 1.29 is 13.6 Å². The van der Waals surface area contributed by atoms with E-state index in [9.17, 15) is 8.42 Å². The summed E-state index contributed by atoms with van der Waals surface area (Å²) in [5.74, 6) is -0.178. The molecule has 6 nitrogen and oxygen atoms in total. The van der Waals surface area contributed by atoms with Gasteiger partial charge in [-0.2, -0.15) is 4.31 Å². The highest BCUT2D eigenvalue weighted by Gasteiger charge is 2.23. The number of sulfonamides is 1. The van der Waals surface area contributed by atoms with Crippen molar-refractivity contribution in [2.45, 2.75) is 4.90 Å². The van der Waals surface area contributed by atoms with Crippen LogP contribution in [0.5, 0.6) is 0 Å². The van der Waals surface area contributed by atoms with Gasteiger partial charge in [0.1, 0.15) is 0 Å². The van der Waals surface area contributed by atoms with Gasteiger partial charge in [0.25, 0.3) is 0 Å². The fraction of sp³-hybridized carbons (Fsp3) is 0.222. The second kappa shape index (κ2) is 5.48. The van der Waals surface area contributed by atoms with Crippen molar-refractivity contribution in [2.75, 3.05) is 13.6 Å². The maximum Gasteiger partial charge on any atom is 0.244 e. The summed E-state index contributed by atoms with van der Waals surface area (Å²) in [5, 5.41) is 11.1. The van der Waals surface area contributed by atoms with E-state index in [4.69, 9.17) is 10.9 Å². The molecule has 0 radical (unpaired) electrons. The summed E-state index contributed by atoms with van der Waals surface area (Å²) >= 11 is 3.17. The Bertz CT molecular complexity index is 530. The quantitative estimate of drug-likeness (QED) is 0.371. The number of amidine groups is 1. The lowest BCUT2D eigenvalue weighted by atomic mass is 10.4. The Kier molecular flexibility index (Phi) is 4.49. The number of likely N-dealkylation sites (N-methyl/N-ethyl adjacent to an activating group) is 1. The van der Waals surface area contributed by atoms with Crippen LogP contribution in [0.25, 0.3) is 0 Å². The first-order valence-electron chi connectivity index (χ1n) is 4.57. The summed E-state index contributed by atoms with van der Waals surface area (Å²) in [7, 11) is -2.31. The third kappa shape index (κ3) is 3.18. The molecule has 0 aliphatic heterocycles. The second-order valence-electron chi connectivity index (χ2n) is 3.28. The molecule has 17 heavy (non-hydrogen) atoms. The largest absolute Gasteiger partial charge is 0.409 e. The van der Waals surface area contributed by atoms with Gasteiger partial charge in [0, 0.05) is 11.5 Å². The Labute approximate surface area is 108 Å². The number of benzene rings is 1. The Morgan fingerprint density at radius 1 is 1.53 bits per heavy atom. The molecule has 94 valence electrons. The number of hydrogen-bond donors (Lipinski definition) is 2. The number of halogens is 1. The molecule has 0 aliphatic rings. The van der Waals surface area contributed by atoms with E-state index in [2.05, 4.69) is 21.1 Å². The SMILES string of the molecule is CN(CC(N)=NO)S(=O)(=O)c1ccccc1Br. The normalized spacial score (nSPS) is 13.0. The van der Waals surface area contributed by atoms with Crippen molar-refractivity contribution in [1.29, 1.82) is 0 Å². The average Bonchev–Trinajstić information content (AvgIpc) is 2.29. The van der Waals surface area contributed by atoms with Gasteiger partial charge in [0.2, 0.25) is 10.0 Å². The topological polar surface area (TPSA) is 96.0 Å². The molecule has 0 heterocycles. The summed E-state index contributed by atoms with van der Waals surface area (Å²) in [6, 6.07) is 6.44. The first kappa shape index (κ1) is 13.9. The van der Waals surface area contributed by atoms with Crippen LogP contribution in [0.4, 0.5) is 0 Å². The summed E-state index contributed by atoms with van der Waals surface area (Å²) < 4.78 is 25.7. The zero-order chi connectivity index (χ0) is 13.1. The van der Waals surface area contributed by atoms with Crippen LogP contribution in [-0.2, 0) is 10.0 Å². The fourth-order valence-electron chi connectivity index (χ4n) is 1.17. The molecular formula is C9H12BrN3O3S.